The lowest BCUT2D eigenvalue weighted by atomic mass is 9.92. The number of halogens is 1. The lowest BCUT2D eigenvalue weighted by Crippen LogP contribution is -2.49. The molecule has 20 heavy (non-hydrogen) atoms. The van der Waals surface area contributed by atoms with E-state index in [9.17, 15) is 14.7 Å². The number of amides is 1. The van der Waals surface area contributed by atoms with Crippen LogP contribution in [0.1, 0.15) is 35.7 Å². The van der Waals surface area contributed by atoms with Gasteiger partial charge in [-0.05, 0) is 53.2 Å². The number of aliphatic carboxylic acids is 1. The Kier molecular flexibility index (Phi) is 4.48. The Labute approximate surface area is 126 Å². The molecule has 1 heterocycles. The molecule has 1 aliphatic heterocycles. The summed E-state index contributed by atoms with van der Waals surface area (Å²) in [6.45, 7) is 4.44. The normalized spacial score (nSPS) is 22.6. The van der Waals surface area contributed by atoms with Crippen LogP contribution in [-0.2, 0) is 4.79 Å². The third kappa shape index (κ3) is 2.87. The third-order valence-corrected chi connectivity index (χ3v) is 4.89. The predicted molar refractivity (Wildman–Crippen MR) is 79.7 cm³/mol. The van der Waals surface area contributed by atoms with Crippen molar-refractivity contribution in [1.82, 2.24) is 4.90 Å². The molecule has 1 aliphatic rings. The smallest absolute Gasteiger partial charge is 0.326 e. The molecule has 2 atom stereocenters. The van der Waals surface area contributed by atoms with Gasteiger partial charge in [0, 0.05) is 11.0 Å². The Morgan fingerprint density at radius 1 is 1.40 bits per heavy atom. The van der Waals surface area contributed by atoms with Gasteiger partial charge in [-0.25, -0.2) is 4.79 Å². The second kappa shape index (κ2) is 5.95. The Morgan fingerprint density at radius 2 is 2.10 bits per heavy atom. The minimum atomic E-state index is -0.923. The fourth-order valence-corrected chi connectivity index (χ4v) is 3.02. The summed E-state index contributed by atoms with van der Waals surface area (Å²) < 4.78 is 0.743. The molecule has 0 aliphatic carbocycles. The highest BCUT2D eigenvalue weighted by Gasteiger charge is 2.35. The molecule has 0 radical (unpaired) electrons. The van der Waals surface area contributed by atoms with Crippen molar-refractivity contribution < 1.29 is 14.7 Å². The molecular weight excluding hydrogens is 322 g/mol. The van der Waals surface area contributed by atoms with Crippen molar-refractivity contribution in [3.05, 3.63) is 33.8 Å². The van der Waals surface area contributed by atoms with Crippen LogP contribution in [0, 0.1) is 12.8 Å². The molecule has 0 bridgehead atoms. The van der Waals surface area contributed by atoms with Gasteiger partial charge in [0.05, 0.1) is 5.56 Å². The molecule has 2 rings (SSSR count). The summed E-state index contributed by atoms with van der Waals surface area (Å²) in [5, 5.41) is 9.34. The van der Waals surface area contributed by atoms with E-state index < -0.39 is 12.0 Å². The average Bonchev–Trinajstić information content (AvgIpc) is 2.41. The second-order valence-corrected chi connectivity index (χ2v) is 6.21. The van der Waals surface area contributed by atoms with E-state index in [2.05, 4.69) is 15.9 Å². The molecule has 1 aromatic rings. The summed E-state index contributed by atoms with van der Waals surface area (Å²) in [6.07, 6.45) is 1.36. The number of benzene rings is 1. The Bertz CT molecular complexity index is 544. The van der Waals surface area contributed by atoms with Crippen LogP contribution in [0.25, 0.3) is 0 Å². The summed E-state index contributed by atoms with van der Waals surface area (Å²) in [5.74, 6) is -0.797. The van der Waals surface area contributed by atoms with Crippen LogP contribution in [0.2, 0.25) is 0 Å². The Hall–Kier alpha value is -1.36. The Balaban J connectivity index is 2.31. The standard InChI is InChI=1S/C15H18BrNO3/c1-9-6-7-17(12(8-9)15(19)20)14(18)11-5-3-4-10(2)13(11)16/h3-5,9,12H,6-8H2,1-2H3,(H,19,20). The minimum Gasteiger partial charge on any atom is -0.480 e. The topological polar surface area (TPSA) is 57.6 Å². The number of rotatable bonds is 2. The fraction of sp³-hybridized carbons (Fsp3) is 0.467. The van der Waals surface area contributed by atoms with Gasteiger partial charge in [-0.3, -0.25) is 4.79 Å². The Morgan fingerprint density at radius 3 is 2.75 bits per heavy atom. The van der Waals surface area contributed by atoms with Crippen LogP contribution in [0.15, 0.2) is 22.7 Å². The van der Waals surface area contributed by atoms with E-state index in [0.717, 1.165) is 16.5 Å². The monoisotopic (exact) mass is 339 g/mol. The number of carbonyl (C=O) groups is 2. The predicted octanol–water partition coefficient (Wildman–Crippen LogP) is 3.08. The number of carbonyl (C=O) groups excluding carboxylic acids is 1. The van der Waals surface area contributed by atoms with Gasteiger partial charge in [0.15, 0.2) is 0 Å². The average molecular weight is 340 g/mol. The number of nitrogens with zero attached hydrogens (tertiary/aromatic N) is 1. The third-order valence-electron chi connectivity index (χ3n) is 3.83. The van der Waals surface area contributed by atoms with Gasteiger partial charge in [0.2, 0.25) is 0 Å². The van der Waals surface area contributed by atoms with Crippen molar-refractivity contribution in [2.24, 2.45) is 5.92 Å². The van der Waals surface area contributed by atoms with Gasteiger partial charge < -0.3 is 10.0 Å². The zero-order valence-electron chi connectivity index (χ0n) is 11.6. The maximum atomic E-state index is 12.6. The first kappa shape index (κ1) is 15.0. The van der Waals surface area contributed by atoms with Gasteiger partial charge in [-0.15, -0.1) is 0 Å². The number of hydrogen-bond donors (Lipinski definition) is 1. The van der Waals surface area contributed by atoms with Gasteiger partial charge in [0.1, 0.15) is 6.04 Å². The van der Waals surface area contributed by atoms with Crippen LogP contribution in [0.4, 0.5) is 0 Å². The zero-order valence-corrected chi connectivity index (χ0v) is 13.2. The van der Waals surface area contributed by atoms with Gasteiger partial charge >= 0.3 is 5.97 Å². The number of aryl methyl sites for hydroxylation is 1. The number of piperidine rings is 1. The van der Waals surface area contributed by atoms with E-state index >= 15 is 0 Å². The molecular formula is C15H18BrNO3. The van der Waals surface area contributed by atoms with Crippen molar-refractivity contribution in [3.63, 3.8) is 0 Å². The summed E-state index contributed by atoms with van der Waals surface area (Å²) >= 11 is 3.42. The highest BCUT2D eigenvalue weighted by molar-refractivity contribution is 9.10. The molecule has 0 saturated carbocycles. The molecule has 1 N–H and O–H groups in total. The SMILES string of the molecule is Cc1cccc(C(=O)N2CCC(C)CC2C(=O)O)c1Br. The maximum Gasteiger partial charge on any atom is 0.326 e. The quantitative estimate of drug-likeness (QED) is 0.900. The molecule has 0 spiro atoms. The van der Waals surface area contributed by atoms with E-state index in [1.54, 1.807) is 6.07 Å². The molecule has 1 saturated heterocycles. The first-order valence-electron chi connectivity index (χ1n) is 6.70. The van der Waals surface area contributed by atoms with Crippen molar-refractivity contribution in [1.29, 1.82) is 0 Å². The van der Waals surface area contributed by atoms with Crippen molar-refractivity contribution in [2.75, 3.05) is 6.54 Å². The first-order valence-corrected chi connectivity index (χ1v) is 7.50. The van der Waals surface area contributed by atoms with E-state index in [0.29, 0.717) is 24.4 Å². The van der Waals surface area contributed by atoms with Gasteiger partial charge in [-0.2, -0.15) is 0 Å². The zero-order chi connectivity index (χ0) is 14.9. The molecule has 1 amide bonds. The van der Waals surface area contributed by atoms with E-state index in [4.69, 9.17) is 0 Å². The lowest BCUT2D eigenvalue weighted by Gasteiger charge is -2.36. The molecule has 2 unspecified atom stereocenters. The van der Waals surface area contributed by atoms with Crippen LogP contribution < -0.4 is 0 Å². The highest BCUT2D eigenvalue weighted by atomic mass is 79.9. The van der Waals surface area contributed by atoms with Gasteiger partial charge in [-0.1, -0.05) is 19.1 Å². The lowest BCUT2D eigenvalue weighted by molar-refractivity contribution is -0.144. The summed E-state index contributed by atoms with van der Waals surface area (Å²) in [5.41, 5.74) is 1.50. The fourth-order valence-electron chi connectivity index (χ4n) is 2.59. The van der Waals surface area contributed by atoms with Crippen molar-refractivity contribution in [2.45, 2.75) is 32.7 Å². The van der Waals surface area contributed by atoms with Crippen LogP contribution >= 0.6 is 15.9 Å². The van der Waals surface area contributed by atoms with Crippen molar-refractivity contribution in [3.8, 4) is 0 Å². The summed E-state index contributed by atoms with van der Waals surface area (Å²) in [4.78, 5) is 25.5. The highest BCUT2D eigenvalue weighted by Crippen LogP contribution is 2.28. The first-order chi connectivity index (χ1) is 9.41. The molecule has 1 fully saturated rings. The summed E-state index contributed by atoms with van der Waals surface area (Å²) in [6, 6.07) is 4.73. The largest absolute Gasteiger partial charge is 0.480 e. The summed E-state index contributed by atoms with van der Waals surface area (Å²) in [7, 11) is 0. The van der Waals surface area contributed by atoms with Crippen molar-refractivity contribution >= 4 is 27.8 Å². The second-order valence-electron chi connectivity index (χ2n) is 5.42. The molecule has 1 aromatic carbocycles. The van der Waals surface area contributed by atoms with Crippen LogP contribution in [0.3, 0.4) is 0 Å². The minimum absolute atomic E-state index is 0.208. The molecule has 4 nitrogen and oxygen atoms in total. The van der Waals surface area contributed by atoms with E-state index in [1.165, 1.54) is 4.90 Å². The molecule has 5 heteroatoms. The number of hydrogen-bond acceptors (Lipinski definition) is 2. The van der Waals surface area contributed by atoms with Crippen LogP contribution in [-0.4, -0.2) is 34.5 Å². The van der Waals surface area contributed by atoms with E-state index in [1.807, 2.05) is 26.0 Å². The van der Waals surface area contributed by atoms with Gasteiger partial charge in [0.25, 0.3) is 5.91 Å². The number of likely N-dealkylation sites (tertiary alicyclic amines) is 1. The van der Waals surface area contributed by atoms with E-state index in [-0.39, 0.29) is 5.91 Å². The number of carboxylic acids is 1. The maximum absolute atomic E-state index is 12.6. The van der Waals surface area contributed by atoms with Crippen LogP contribution in [0.5, 0.6) is 0 Å². The molecule has 108 valence electrons. The molecule has 0 aromatic heterocycles. The number of carboxylic acid groups (broad SMARTS) is 1.